The number of rotatable bonds is 6. The number of pyridine rings is 1. The molecule has 26 heavy (non-hydrogen) atoms. The van der Waals surface area contributed by atoms with Crippen molar-refractivity contribution in [3.8, 4) is 0 Å². The molecule has 2 heterocycles. The molecule has 2 aliphatic rings. The van der Waals surface area contributed by atoms with E-state index in [1.165, 1.54) is 43.1 Å². The molecule has 0 atom stereocenters. The number of hydrogen-bond donors (Lipinski definition) is 1. The fourth-order valence-corrected chi connectivity index (χ4v) is 4.39. The summed E-state index contributed by atoms with van der Waals surface area (Å²) in [5.41, 5.74) is 2.64. The third-order valence-corrected chi connectivity index (χ3v) is 5.85. The van der Waals surface area contributed by atoms with Crippen LogP contribution >= 0.6 is 0 Å². The van der Waals surface area contributed by atoms with Crippen molar-refractivity contribution in [1.29, 1.82) is 0 Å². The van der Waals surface area contributed by atoms with Crippen LogP contribution in [0.3, 0.4) is 0 Å². The summed E-state index contributed by atoms with van der Waals surface area (Å²) < 4.78 is 5.42. The van der Waals surface area contributed by atoms with Crippen molar-refractivity contribution in [2.75, 3.05) is 44.7 Å². The maximum absolute atomic E-state index is 5.42. The fourth-order valence-electron chi connectivity index (χ4n) is 4.39. The highest BCUT2D eigenvalue weighted by Gasteiger charge is 2.19. The van der Waals surface area contributed by atoms with Gasteiger partial charge in [0.15, 0.2) is 0 Å². The zero-order valence-electron chi connectivity index (χ0n) is 15.8. The van der Waals surface area contributed by atoms with Crippen molar-refractivity contribution in [2.45, 2.75) is 44.4 Å². The molecule has 1 aromatic heterocycles. The average Bonchev–Trinajstić information content (AvgIpc) is 2.72. The number of fused-ring (bicyclic) bond motifs is 1. The maximum atomic E-state index is 5.42. The molecule has 0 bridgehead atoms. The molecule has 2 aromatic rings. The second-order valence-corrected chi connectivity index (χ2v) is 7.68. The highest BCUT2D eigenvalue weighted by atomic mass is 16.5. The highest BCUT2D eigenvalue weighted by molar-refractivity contribution is 5.84. The monoisotopic (exact) mass is 353 g/mol. The molecule has 4 nitrogen and oxygen atoms in total. The molecule has 4 heteroatoms. The molecule has 1 N–H and O–H groups in total. The first-order valence-electron chi connectivity index (χ1n) is 10.3. The van der Waals surface area contributed by atoms with E-state index < -0.39 is 0 Å². The molecule has 1 aromatic carbocycles. The second kappa shape index (κ2) is 8.83. The summed E-state index contributed by atoms with van der Waals surface area (Å²) in [5, 5.41) is 4.93. The van der Waals surface area contributed by atoms with Gasteiger partial charge in [-0.05, 0) is 49.4 Å². The third-order valence-electron chi connectivity index (χ3n) is 5.85. The summed E-state index contributed by atoms with van der Waals surface area (Å²) in [7, 11) is 0. The van der Waals surface area contributed by atoms with Crippen molar-refractivity contribution in [3.05, 3.63) is 35.9 Å². The number of hydrogen-bond acceptors (Lipinski definition) is 4. The van der Waals surface area contributed by atoms with Crippen LogP contribution < -0.4 is 5.32 Å². The Morgan fingerprint density at radius 1 is 1.08 bits per heavy atom. The normalized spacial score (nSPS) is 19.7. The Kier molecular flexibility index (Phi) is 6.03. The number of nitrogens with one attached hydrogen (secondary N) is 1. The number of ether oxygens (including phenoxy) is 1. The molecule has 0 spiro atoms. The predicted octanol–water partition coefficient (Wildman–Crippen LogP) is 4.42. The van der Waals surface area contributed by atoms with Crippen molar-refractivity contribution in [1.82, 2.24) is 9.88 Å². The fraction of sp³-hybridized carbons (Fsp3) is 0.591. The minimum Gasteiger partial charge on any atom is -0.379 e. The van der Waals surface area contributed by atoms with Crippen molar-refractivity contribution in [2.24, 2.45) is 0 Å². The Balaban J connectivity index is 1.43. The van der Waals surface area contributed by atoms with Gasteiger partial charge in [0.1, 0.15) is 5.82 Å². The van der Waals surface area contributed by atoms with E-state index in [0.29, 0.717) is 5.92 Å². The van der Waals surface area contributed by atoms with Gasteiger partial charge in [0.05, 0.1) is 18.7 Å². The third kappa shape index (κ3) is 4.36. The van der Waals surface area contributed by atoms with Gasteiger partial charge in [-0.3, -0.25) is 4.90 Å². The van der Waals surface area contributed by atoms with E-state index in [1.54, 1.807) is 0 Å². The molecule has 1 saturated carbocycles. The molecule has 1 aliphatic heterocycles. The van der Waals surface area contributed by atoms with Crippen LogP contribution in [0.1, 0.15) is 50.0 Å². The summed E-state index contributed by atoms with van der Waals surface area (Å²) in [5.74, 6) is 1.75. The first-order chi connectivity index (χ1) is 12.9. The Labute approximate surface area is 156 Å². The largest absolute Gasteiger partial charge is 0.379 e. The first-order valence-corrected chi connectivity index (χ1v) is 10.3. The number of benzene rings is 1. The van der Waals surface area contributed by atoms with Crippen LogP contribution in [0.15, 0.2) is 30.3 Å². The van der Waals surface area contributed by atoms with E-state index in [4.69, 9.17) is 9.72 Å². The van der Waals surface area contributed by atoms with E-state index in [0.717, 1.165) is 57.1 Å². The molecular formula is C22H31N3O. The Morgan fingerprint density at radius 3 is 2.73 bits per heavy atom. The van der Waals surface area contributed by atoms with Crippen molar-refractivity contribution in [3.63, 3.8) is 0 Å². The Morgan fingerprint density at radius 2 is 1.88 bits per heavy atom. The van der Waals surface area contributed by atoms with Crippen molar-refractivity contribution >= 4 is 16.7 Å². The van der Waals surface area contributed by atoms with E-state index in [-0.39, 0.29) is 0 Å². The number of nitrogens with zero attached hydrogens (tertiary/aromatic N) is 2. The zero-order valence-corrected chi connectivity index (χ0v) is 15.8. The molecule has 140 valence electrons. The van der Waals surface area contributed by atoms with Crippen LogP contribution in [0, 0.1) is 0 Å². The molecule has 0 amide bonds. The number of para-hydroxylation sites is 1. The average molecular weight is 354 g/mol. The van der Waals surface area contributed by atoms with Gasteiger partial charge in [-0.1, -0.05) is 37.5 Å². The standard InChI is InChI=1S/C22H31N3O/c1-2-7-18(8-3-1)20-17-22(24-21-10-5-4-9-19(20)21)23-11-6-12-25-13-15-26-16-14-25/h4-5,9-10,17-18H,1-3,6-8,11-16H2,(H,23,24). The lowest BCUT2D eigenvalue weighted by molar-refractivity contribution is 0.0378. The zero-order chi connectivity index (χ0) is 17.6. The van der Waals surface area contributed by atoms with Crippen LogP contribution in [0.4, 0.5) is 5.82 Å². The Hall–Kier alpha value is -1.65. The maximum Gasteiger partial charge on any atom is 0.126 e. The quantitative estimate of drug-likeness (QED) is 0.780. The van der Waals surface area contributed by atoms with Crippen LogP contribution in [0.25, 0.3) is 10.9 Å². The van der Waals surface area contributed by atoms with Gasteiger partial charge in [0.2, 0.25) is 0 Å². The van der Waals surface area contributed by atoms with Gasteiger partial charge in [0, 0.05) is 25.0 Å². The molecule has 0 unspecified atom stereocenters. The minimum absolute atomic E-state index is 0.700. The first kappa shape index (κ1) is 17.7. The lowest BCUT2D eigenvalue weighted by Crippen LogP contribution is -2.37. The summed E-state index contributed by atoms with van der Waals surface area (Å²) in [6, 6.07) is 11.0. The van der Waals surface area contributed by atoms with E-state index >= 15 is 0 Å². The van der Waals surface area contributed by atoms with Crippen LogP contribution in [0.5, 0.6) is 0 Å². The molecule has 0 radical (unpaired) electrons. The van der Waals surface area contributed by atoms with Gasteiger partial charge in [-0.25, -0.2) is 4.98 Å². The second-order valence-electron chi connectivity index (χ2n) is 7.68. The lowest BCUT2D eigenvalue weighted by atomic mass is 9.83. The minimum atomic E-state index is 0.700. The van der Waals surface area contributed by atoms with Gasteiger partial charge >= 0.3 is 0 Å². The SMILES string of the molecule is c1ccc2c(C3CCCCC3)cc(NCCCN3CCOCC3)nc2c1. The van der Waals surface area contributed by atoms with Crippen LogP contribution in [-0.2, 0) is 4.74 Å². The summed E-state index contributed by atoms with van der Waals surface area (Å²) in [6.07, 6.45) is 7.92. The van der Waals surface area contributed by atoms with Crippen molar-refractivity contribution < 1.29 is 4.74 Å². The van der Waals surface area contributed by atoms with E-state index in [1.807, 2.05) is 0 Å². The van der Waals surface area contributed by atoms with Crippen LogP contribution in [0.2, 0.25) is 0 Å². The summed E-state index contributed by atoms with van der Waals surface area (Å²) in [4.78, 5) is 7.36. The van der Waals surface area contributed by atoms with Gasteiger partial charge in [-0.2, -0.15) is 0 Å². The van der Waals surface area contributed by atoms with Crippen LogP contribution in [-0.4, -0.2) is 49.3 Å². The molecular weight excluding hydrogens is 322 g/mol. The highest BCUT2D eigenvalue weighted by Crippen LogP contribution is 2.37. The van der Waals surface area contributed by atoms with Gasteiger partial charge in [0.25, 0.3) is 0 Å². The summed E-state index contributed by atoms with van der Waals surface area (Å²) in [6.45, 7) is 6.02. The Bertz CT molecular complexity index is 706. The number of aromatic nitrogens is 1. The number of anilines is 1. The topological polar surface area (TPSA) is 37.4 Å². The van der Waals surface area contributed by atoms with E-state index in [2.05, 4.69) is 40.5 Å². The lowest BCUT2D eigenvalue weighted by Gasteiger charge is -2.26. The summed E-state index contributed by atoms with van der Waals surface area (Å²) >= 11 is 0. The smallest absolute Gasteiger partial charge is 0.126 e. The predicted molar refractivity (Wildman–Crippen MR) is 108 cm³/mol. The number of morpholine rings is 1. The molecule has 1 aliphatic carbocycles. The molecule has 2 fully saturated rings. The van der Waals surface area contributed by atoms with E-state index in [9.17, 15) is 0 Å². The molecule has 1 saturated heterocycles. The molecule has 4 rings (SSSR count). The van der Waals surface area contributed by atoms with Gasteiger partial charge < -0.3 is 10.1 Å². The van der Waals surface area contributed by atoms with Gasteiger partial charge in [-0.15, -0.1) is 0 Å².